The van der Waals surface area contributed by atoms with Crippen LogP contribution in [-0.4, -0.2) is 59.7 Å². The van der Waals surface area contributed by atoms with Gasteiger partial charge in [0.05, 0.1) is 19.2 Å². The molecule has 0 radical (unpaired) electrons. The Morgan fingerprint density at radius 2 is 1.69 bits per heavy atom. The van der Waals surface area contributed by atoms with E-state index in [1.807, 2.05) is 0 Å². The van der Waals surface area contributed by atoms with Gasteiger partial charge in [0.15, 0.2) is 5.82 Å². The van der Waals surface area contributed by atoms with Crippen molar-refractivity contribution in [3.05, 3.63) is 47.3 Å². The van der Waals surface area contributed by atoms with Gasteiger partial charge >= 0.3 is 0 Å². The van der Waals surface area contributed by atoms with Gasteiger partial charge in [0.25, 0.3) is 0 Å². The molecule has 1 saturated carbocycles. The lowest BCUT2D eigenvalue weighted by molar-refractivity contribution is 0.0950. The van der Waals surface area contributed by atoms with Crippen LogP contribution < -0.4 is 14.2 Å². The number of benzene rings is 1. The number of sulfonamides is 1. The number of nitrogens with zero attached hydrogens (tertiary/aromatic N) is 5. The molecule has 36 heavy (non-hydrogen) atoms. The van der Waals surface area contributed by atoms with Crippen molar-refractivity contribution in [1.29, 1.82) is 0 Å². The van der Waals surface area contributed by atoms with E-state index in [4.69, 9.17) is 25.8 Å². The van der Waals surface area contributed by atoms with Crippen molar-refractivity contribution >= 4 is 27.6 Å². The summed E-state index contributed by atoms with van der Waals surface area (Å²) in [5.74, 6) is 2.48. The molecule has 0 bridgehead atoms. The van der Waals surface area contributed by atoms with Crippen molar-refractivity contribution in [2.45, 2.75) is 44.0 Å². The van der Waals surface area contributed by atoms with Crippen LogP contribution in [0.25, 0.3) is 5.69 Å². The molecule has 13 heteroatoms. The zero-order chi connectivity index (χ0) is 26.0. The Kier molecular flexibility index (Phi) is 7.67. The molecule has 1 N–H and O–H groups in total. The number of nitrogens with one attached hydrogen (secondary N) is 1. The summed E-state index contributed by atoms with van der Waals surface area (Å²) in [4.78, 5) is 8.26. The molecule has 1 aliphatic rings. The highest BCUT2D eigenvalue weighted by atomic mass is 35.5. The molecule has 0 saturated heterocycles. The Morgan fingerprint density at radius 1 is 1.08 bits per heavy atom. The second-order valence-corrected chi connectivity index (χ2v) is 11.2. The summed E-state index contributed by atoms with van der Waals surface area (Å²) in [6.45, 7) is 3.67. The number of ether oxygens (including phenoxy) is 3. The molecule has 1 aliphatic carbocycles. The van der Waals surface area contributed by atoms with Crippen LogP contribution in [-0.2, 0) is 14.8 Å². The Balaban J connectivity index is 1.76. The van der Waals surface area contributed by atoms with Crippen LogP contribution in [0.4, 0.5) is 5.95 Å². The van der Waals surface area contributed by atoms with Crippen LogP contribution in [0.15, 0.2) is 30.6 Å². The van der Waals surface area contributed by atoms with E-state index in [0.29, 0.717) is 34.0 Å². The molecule has 0 spiro atoms. The first-order valence-electron chi connectivity index (χ1n) is 11.4. The average molecular weight is 537 g/mol. The van der Waals surface area contributed by atoms with E-state index in [1.165, 1.54) is 40.6 Å². The standard InChI is InChI=1S/C23H29ClN6O5S/c1-13-9-15(10-13)22-27-28-23(30(22)19-17(33-3)7-6-8-18(19)34-4)29-36(31,32)14(2)20(35-5)21-25-11-16(24)12-26-21/h6-8,11-15,20H,9-10H2,1-5H3,(H,28,29)/t13?,14-,15?,20-/m0/s1. The molecule has 4 rings (SSSR count). The van der Waals surface area contributed by atoms with Crippen LogP contribution in [0.5, 0.6) is 11.5 Å². The fourth-order valence-corrected chi connectivity index (χ4v) is 5.60. The highest BCUT2D eigenvalue weighted by Gasteiger charge is 2.37. The Hall–Kier alpha value is -2.96. The second-order valence-electron chi connectivity index (χ2n) is 8.77. The predicted molar refractivity (Wildman–Crippen MR) is 134 cm³/mol. The summed E-state index contributed by atoms with van der Waals surface area (Å²) in [6.07, 6.45) is 3.65. The van der Waals surface area contributed by atoms with Crippen molar-refractivity contribution in [3.63, 3.8) is 0 Å². The molecule has 3 aromatic rings. The summed E-state index contributed by atoms with van der Waals surface area (Å²) in [5.41, 5.74) is 0.511. The summed E-state index contributed by atoms with van der Waals surface area (Å²) in [6, 6.07) is 5.33. The lowest BCUT2D eigenvalue weighted by atomic mass is 9.75. The number of anilines is 1. The molecular formula is C23H29ClN6O5S. The number of methoxy groups -OCH3 is 3. The summed E-state index contributed by atoms with van der Waals surface area (Å²) in [5, 5.41) is 7.86. The molecule has 2 heterocycles. The third kappa shape index (κ3) is 4.97. The van der Waals surface area contributed by atoms with Crippen molar-refractivity contribution in [2.75, 3.05) is 26.1 Å². The number of rotatable bonds is 10. The second kappa shape index (κ2) is 10.6. The van der Waals surface area contributed by atoms with Crippen LogP contribution in [0, 0.1) is 5.92 Å². The third-order valence-electron chi connectivity index (χ3n) is 6.35. The van der Waals surface area contributed by atoms with E-state index < -0.39 is 21.4 Å². The summed E-state index contributed by atoms with van der Waals surface area (Å²) < 4.78 is 48.0. The first kappa shape index (κ1) is 26.1. The van der Waals surface area contributed by atoms with Gasteiger partial charge in [-0.05, 0) is 37.8 Å². The van der Waals surface area contributed by atoms with Gasteiger partial charge in [-0.25, -0.2) is 18.4 Å². The number of hydrogen-bond acceptors (Lipinski definition) is 9. The van der Waals surface area contributed by atoms with Gasteiger partial charge in [-0.1, -0.05) is 24.6 Å². The van der Waals surface area contributed by atoms with Gasteiger partial charge in [0, 0.05) is 25.4 Å². The van der Waals surface area contributed by atoms with E-state index >= 15 is 0 Å². The maximum absolute atomic E-state index is 13.5. The smallest absolute Gasteiger partial charge is 0.243 e. The van der Waals surface area contributed by atoms with Crippen molar-refractivity contribution in [2.24, 2.45) is 5.92 Å². The molecule has 1 aromatic carbocycles. The molecule has 0 amide bonds. The lowest BCUT2D eigenvalue weighted by Gasteiger charge is -2.32. The van der Waals surface area contributed by atoms with Crippen LogP contribution >= 0.6 is 11.6 Å². The highest BCUT2D eigenvalue weighted by molar-refractivity contribution is 7.93. The minimum atomic E-state index is -4.06. The third-order valence-corrected chi connectivity index (χ3v) is 8.24. The molecule has 0 aliphatic heterocycles. The van der Waals surface area contributed by atoms with Gasteiger partial charge in [-0.15, -0.1) is 10.2 Å². The van der Waals surface area contributed by atoms with E-state index in [2.05, 4.69) is 31.8 Å². The maximum Gasteiger partial charge on any atom is 0.243 e. The lowest BCUT2D eigenvalue weighted by Crippen LogP contribution is -2.33. The molecule has 0 unspecified atom stereocenters. The van der Waals surface area contributed by atoms with E-state index in [1.54, 1.807) is 22.8 Å². The number of para-hydroxylation sites is 1. The minimum Gasteiger partial charge on any atom is -0.494 e. The Labute approximate surface area is 215 Å². The molecular weight excluding hydrogens is 508 g/mol. The molecule has 2 aromatic heterocycles. The monoisotopic (exact) mass is 536 g/mol. The van der Waals surface area contributed by atoms with Gasteiger partial charge in [-0.2, -0.15) is 0 Å². The Morgan fingerprint density at radius 3 is 2.22 bits per heavy atom. The normalized spacial score (nSPS) is 19.3. The minimum absolute atomic E-state index is 0.0195. The number of aromatic nitrogens is 5. The quantitative estimate of drug-likeness (QED) is 0.411. The first-order valence-corrected chi connectivity index (χ1v) is 13.3. The van der Waals surface area contributed by atoms with Crippen molar-refractivity contribution in [3.8, 4) is 17.2 Å². The van der Waals surface area contributed by atoms with Crippen LogP contribution in [0.1, 0.15) is 50.4 Å². The van der Waals surface area contributed by atoms with Crippen molar-refractivity contribution < 1.29 is 22.6 Å². The zero-order valence-corrected chi connectivity index (χ0v) is 22.2. The number of halogens is 1. The summed E-state index contributed by atoms with van der Waals surface area (Å²) >= 11 is 5.88. The van der Waals surface area contributed by atoms with Gasteiger partial charge in [0.1, 0.15) is 34.4 Å². The first-order chi connectivity index (χ1) is 17.2. The number of hydrogen-bond donors (Lipinski definition) is 1. The zero-order valence-electron chi connectivity index (χ0n) is 20.7. The topological polar surface area (TPSA) is 130 Å². The molecule has 2 atom stereocenters. The van der Waals surface area contributed by atoms with Crippen LogP contribution in [0.3, 0.4) is 0 Å². The maximum atomic E-state index is 13.5. The predicted octanol–water partition coefficient (Wildman–Crippen LogP) is 3.76. The Bertz CT molecular complexity index is 1290. The average Bonchev–Trinajstić information content (AvgIpc) is 3.24. The molecule has 1 fully saturated rings. The fraction of sp³-hybridized carbons (Fsp3) is 0.478. The SMILES string of the molecule is COc1cccc(OC)c1-n1c(NS(=O)(=O)[C@@H](C)[C@H](OC)c2ncc(Cl)cn2)nnc1C1CC(C)C1. The van der Waals surface area contributed by atoms with E-state index in [-0.39, 0.29) is 17.7 Å². The highest BCUT2D eigenvalue weighted by Crippen LogP contribution is 2.44. The largest absolute Gasteiger partial charge is 0.494 e. The van der Waals surface area contributed by atoms with E-state index in [0.717, 1.165) is 12.8 Å². The van der Waals surface area contributed by atoms with Crippen LogP contribution in [0.2, 0.25) is 5.02 Å². The summed E-state index contributed by atoms with van der Waals surface area (Å²) in [7, 11) is 0.411. The van der Waals surface area contributed by atoms with Gasteiger partial charge < -0.3 is 14.2 Å². The molecule has 194 valence electrons. The molecule has 11 nitrogen and oxygen atoms in total. The van der Waals surface area contributed by atoms with Gasteiger partial charge in [-0.3, -0.25) is 9.29 Å². The van der Waals surface area contributed by atoms with Crippen molar-refractivity contribution in [1.82, 2.24) is 24.7 Å². The fourth-order valence-electron chi connectivity index (χ4n) is 4.37. The van der Waals surface area contributed by atoms with Gasteiger partial charge in [0.2, 0.25) is 16.0 Å². The van der Waals surface area contributed by atoms with E-state index in [9.17, 15) is 8.42 Å².